The van der Waals surface area contributed by atoms with Crippen LogP contribution in [0.5, 0.6) is 0 Å². The van der Waals surface area contributed by atoms with Crippen LogP contribution in [-0.4, -0.2) is 22.3 Å². The molecule has 1 rings (SSSR count). The fourth-order valence-corrected chi connectivity index (χ4v) is 1.79. The van der Waals surface area contributed by atoms with Gasteiger partial charge in [0, 0.05) is 18.2 Å². The van der Waals surface area contributed by atoms with Crippen LogP contribution < -0.4 is 11.1 Å². The van der Waals surface area contributed by atoms with Gasteiger partial charge >= 0.3 is 0 Å². The number of hydrogen-bond acceptors (Lipinski definition) is 3. The average molecular weight is 290 g/mol. The number of carbonyl (C=O) groups is 2. The molecule has 0 aromatic carbocycles. The zero-order valence-electron chi connectivity index (χ0n) is 9.96. The number of nitrogens with two attached hydrogens (primary N) is 1. The molecule has 2 amide bonds. The van der Waals surface area contributed by atoms with Crippen LogP contribution in [0.1, 0.15) is 30.6 Å². The average Bonchev–Trinajstić information content (AvgIpc) is 2.18. The summed E-state index contributed by atoms with van der Waals surface area (Å²) in [5.74, 6) is -0.935. The quantitative estimate of drug-likeness (QED) is 0.829. The van der Waals surface area contributed by atoms with E-state index in [1.165, 1.54) is 12.3 Å². The Hall–Kier alpha value is -1.33. The summed E-state index contributed by atoms with van der Waals surface area (Å²) in [5, 5.41) is 3.01. The minimum Gasteiger partial charge on any atom is -0.370 e. The van der Waals surface area contributed by atoms with E-state index in [2.05, 4.69) is 10.3 Å². The molecule has 1 aromatic rings. The molecule has 0 fully saturated rings. The lowest BCUT2D eigenvalue weighted by atomic mass is 10.00. The lowest BCUT2D eigenvalue weighted by Gasteiger charge is -2.24. The van der Waals surface area contributed by atoms with Gasteiger partial charge in [0.2, 0.25) is 5.91 Å². The van der Waals surface area contributed by atoms with Gasteiger partial charge in [-0.25, -0.2) is 4.98 Å². The van der Waals surface area contributed by atoms with Crippen LogP contribution in [0.3, 0.4) is 0 Å². The lowest BCUT2D eigenvalue weighted by molar-refractivity contribution is -0.119. The van der Waals surface area contributed by atoms with Crippen molar-refractivity contribution >= 4 is 35.0 Å². The Morgan fingerprint density at radius 3 is 2.61 bits per heavy atom. The molecule has 98 valence electrons. The molecule has 18 heavy (non-hydrogen) atoms. The molecular weight excluding hydrogens is 277 g/mol. The number of nitrogens with zero attached hydrogens (tertiary/aromatic N) is 1. The van der Waals surface area contributed by atoms with Crippen molar-refractivity contribution in [3.8, 4) is 0 Å². The Morgan fingerprint density at radius 1 is 1.44 bits per heavy atom. The molecule has 0 spiro atoms. The standard InChI is InChI=1S/C11H13Cl2N3O2/c1-11(2,4-9(14)17)16-10(18)6-3-8(13)15-5-7(6)12/h3,5H,4H2,1-2H3,(H2,14,17)(H,16,18). The zero-order chi connectivity index (χ0) is 13.9. The van der Waals surface area contributed by atoms with Gasteiger partial charge in [-0.3, -0.25) is 9.59 Å². The van der Waals surface area contributed by atoms with Crippen molar-refractivity contribution in [2.75, 3.05) is 0 Å². The highest BCUT2D eigenvalue weighted by atomic mass is 35.5. The summed E-state index contributed by atoms with van der Waals surface area (Å²) in [7, 11) is 0. The van der Waals surface area contributed by atoms with Gasteiger partial charge in [0.15, 0.2) is 0 Å². The lowest BCUT2D eigenvalue weighted by Crippen LogP contribution is -2.46. The van der Waals surface area contributed by atoms with E-state index in [0.29, 0.717) is 0 Å². The topological polar surface area (TPSA) is 85.1 Å². The van der Waals surface area contributed by atoms with E-state index in [9.17, 15) is 9.59 Å². The van der Waals surface area contributed by atoms with E-state index in [1.54, 1.807) is 13.8 Å². The number of nitrogens with one attached hydrogen (secondary N) is 1. The summed E-state index contributed by atoms with van der Waals surface area (Å²) >= 11 is 11.5. The van der Waals surface area contributed by atoms with Gasteiger partial charge in [-0.15, -0.1) is 0 Å². The van der Waals surface area contributed by atoms with E-state index in [1.807, 2.05) is 0 Å². The number of amides is 2. The molecule has 7 heteroatoms. The van der Waals surface area contributed by atoms with Crippen LogP contribution in [0.25, 0.3) is 0 Å². The molecule has 0 bridgehead atoms. The van der Waals surface area contributed by atoms with Crippen LogP contribution in [0.2, 0.25) is 10.2 Å². The molecule has 0 radical (unpaired) electrons. The summed E-state index contributed by atoms with van der Waals surface area (Å²) in [6.07, 6.45) is 1.31. The highest BCUT2D eigenvalue weighted by Gasteiger charge is 2.24. The fraction of sp³-hybridized carbons (Fsp3) is 0.364. The second kappa shape index (κ2) is 5.54. The van der Waals surface area contributed by atoms with Gasteiger partial charge in [-0.1, -0.05) is 23.2 Å². The van der Waals surface area contributed by atoms with Gasteiger partial charge in [0.1, 0.15) is 5.15 Å². The first-order valence-electron chi connectivity index (χ1n) is 5.13. The van der Waals surface area contributed by atoms with Crippen LogP contribution in [0.15, 0.2) is 12.3 Å². The third kappa shape index (κ3) is 4.16. The normalized spacial score (nSPS) is 11.1. The molecule has 0 saturated carbocycles. The Bertz CT molecular complexity index is 489. The SMILES string of the molecule is CC(C)(CC(N)=O)NC(=O)c1cc(Cl)ncc1Cl. The van der Waals surface area contributed by atoms with Crippen LogP contribution in [0, 0.1) is 0 Å². The maximum absolute atomic E-state index is 12.0. The Morgan fingerprint density at radius 2 is 2.06 bits per heavy atom. The highest BCUT2D eigenvalue weighted by Crippen LogP contribution is 2.19. The van der Waals surface area contributed by atoms with Gasteiger partial charge in [0.25, 0.3) is 5.91 Å². The van der Waals surface area contributed by atoms with Crippen LogP contribution >= 0.6 is 23.2 Å². The molecule has 0 aliphatic carbocycles. The maximum Gasteiger partial charge on any atom is 0.253 e. The fourth-order valence-electron chi connectivity index (χ4n) is 1.44. The summed E-state index contributed by atoms with van der Waals surface area (Å²) in [6.45, 7) is 3.37. The highest BCUT2D eigenvalue weighted by molar-refractivity contribution is 6.35. The number of carbonyl (C=O) groups excluding carboxylic acids is 2. The molecule has 0 saturated heterocycles. The molecular formula is C11H13Cl2N3O2. The predicted molar refractivity (Wildman–Crippen MR) is 69.6 cm³/mol. The van der Waals surface area contributed by atoms with Crippen LogP contribution in [0.4, 0.5) is 0 Å². The minimum atomic E-state index is -0.762. The van der Waals surface area contributed by atoms with Crippen molar-refractivity contribution in [1.82, 2.24) is 10.3 Å². The number of aromatic nitrogens is 1. The number of pyridine rings is 1. The third-order valence-electron chi connectivity index (χ3n) is 2.13. The molecule has 0 atom stereocenters. The first-order valence-corrected chi connectivity index (χ1v) is 5.89. The summed E-state index contributed by atoms with van der Waals surface area (Å²) in [4.78, 5) is 26.6. The number of rotatable bonds is 4. The first-order chi connectivity index (χ1) is 8.21. The first kappa shape index (κ1) is 14.7. The molecule has 5 nitrogen and oxygen atoms in total. The minimum absolute atomic E-state index is 0.0230. The van der Waals surface area contributed by atoms with E-state index >= 15 is 0 Å². The second-order valence-corrected chi connectivity index (χ2v) is 5.26. The molecule has 3 N–H and O–H groups in total. The van der Waals surface area contributed by atoms with E-state index in [0.717, 1.165) is 0 Å². The van der Waals surface area contributed by atoms with Gasteiger partial charge in [-0.05, 0) is 19.9 Å². The summed E-state index contributed by atoms with van der Waals surface area (Å²) < 4.78 is 0. The van der Waals surface area contributed by atoms with Crippen LogP contribution in [-0.2, 0) is 4.79 Å². The number of primary amides is 1. The summed E-state index contributed by atoms with van der Waals surface area (Å²) in [5.41, 5.74) is 4.54. The van der Waals surface area contributed by atoms with Crippen molar-refractivity contribution in [2.24, 2.45) is 5.73 Å². The van der Waals surface area contributed by atoms with Crippen molar-refractivity contribution in [1.29, 1.82) is 0 Å². The number of hydrogen-bond donors (Lipinski definition) is 2. The van der Waals surface area contributed by atoms with Gasteiger partial charge in [0.05, 0.1) is 10.6 Å². The van der Waals surface area contributed by atoms with Crippen molar-refractivity contribution in [3.63, 3.8) is 0 Å². The monoisotopic (exact) mass is 289 g/mol. The van der Waals surface area contributed by atoms with Crippen molar-refractivity contribution < 1.29 is 9.59 Å². The summed E-state index contributed by atoms with van der Waals surface area (Å²) in [6, 6.07) is 1.36. The second-order valence-electron chi connectivity index (χ2n) is 4.47. The molecule has 0 unspecified atom stereocenters. The van der Waals surface area contributed by atoms with E-state index in [-0.39, 0.29) is 22.2 Å². The number of halogens is 2. The molecule has 0 aliphatic rings. The Kier molecular flexibility index (Phi) is 4.53. The van der Waals surface area contributed by atoms with Gasteiger partial charge in [-0.2, -0.15) is 0 Å². The van der Waals surface area contributed by atoms with E-state index < -0.39 is 17.4 Å². The van der Waals surface area contributed by atoms with Gasteiger partial charge < -0.3 is 11.1 Å². The predicted octanol–water partition coefficient (Wildman–Crippen LogP) is 1.77. The Labute approximate surface area is 115 Å². The van der Waals surface area contributed by atoms with E-state index in [4.69, 9.17) is 28.9 Å². The molecule has 0 aliphatic heterocycles. The third-order valence-corrected chi connectivity index (χ3v) is 2.64. The largest absolute Gasteiger partial charge is 0.370 e. The smallest absolute Gasteiger partial charge is 0.253 e. The maximum atomic E-state index is 12.0. The Balaban J connectivity index is 2.88. The zero-order valence-corrected chi connectivity index (χ0v) is 11.5. The van der Waals surface area contributed by atoms with Crippen molar-refractivity contribution in [3.05, 3.63) is 28.0 Å². The molecule has 1 aromatic heterocycles. The van der Waals surface area contributed by atoms with Crippen molar-refractivity contribution in [2.45, 2.75) is 25.8 Å². The molecule has 1 heterocycles.